The highest BCUT2D eigenvalue weighted by atomic mass is 32.2. The fraction of sp³-hybridized carbons (Fsp3) is 0.278. The first-order valence-corrected chi connectivity index (χ1v) is 8.86. The van der Waals surface area contributed by atoms with Gasteiger partial charge >= 0.3 is 0 Å². The summed E-state index contributed by atoms with van der Waals surface area (Å²) in [5, 5.41) is 0.127. The fourth-order valence-corrected chi connectivity index (χ4v) is 4.45. The van der Waals surface area contributed by atoms with Gasteiger partial charge in [-0.05, 0) is 49.7 Å². The maximum atomic E-state index is 11.8. The molecule has 2 atom stereocenters. The predicted molar refractivity (Wildman–Crippen MR) is 98.6 cm³/mol. The van der Waals surface area contributed by atoms with Gasteiger partial charge in [0.25, 0.3) is 0 Å². The standard InChI is InChI=1S/C18H20N4O3S/c1-9-7-11(8-25-12-5-3-10(4-6-12)15(19)23)13-17(22-9)26-14(16(20)24)18(13,2)21/h3-7,14H,8,21H2,1-2H3,(H2,19,23)(H2,20,24). The van der Waals surface area contributed by atoms with E-state index in [-0.39, 0.29) is 6.61 Å². The molecular formula is C18H20N4O3S. The van der Waals surface area contributed by atoms with Crippen molar-refractivity contribution in [3.8, 4) is 5.75 Å². The Morgan fingerprint density at radius 3 is 2.50 bits per heavy atom. The van der Waals surface area contributed by atoms with Gasteiger partial charge in [-0.25, -0.2) is 4.98 Å². The van der Waals surface area contributed by atoms with E-state index in [9.17, 15) is 9.59 Å². The average molecular weight is 372 g/mol. The Morgan fingerprint density at radius 2 is 1.92 bits per heavy atom. The number of fused-ring (bicyclic) bond motifs is 1. The molecule has 2 unspecified atom stereocenters. The van der Waals surface area contributed by atoms with Gasteiger partial charge in [-0.1, -0.05) is 11.8 Å². The second kappa shape index (κ2) is 6.62. The molecule has 136 valence electrons. The lowest BCUT2D eigenvalue weighted by Gasteiger charge is -2.26. The second-order valence-electron chi connectivity index (χ2n) is 6.46. The highest BCUT2D eigenvalue weighted by Crippen LogP contribution is 2.47. The molecule has 1 aliphatic rings. The molecule has 0 radical (unpaired) electrons. The largest absolute Gasteiger partial charge is 0.489 e. The molecule has 1 aromatic carbocycles. The number of pyridine rings is 1. The van der Waals surface area contributed by atoms with E-state index in [4.69, 9.17) is 21.9 Å². The number of amides is 2. The number of carbonyl (C=O) groups excluding carboxylic acids is 2. The van der Waals surface area contributed by atoms with Gasteiger partial charge in [0.2, 0.25) is 11.8 Å². The molecule has 0 saturated carbocycles. The summed E-state index contributed by atoms with van der Waals surface area (Å²) in [7, 11) is 0. The number of carbonyl (C=O) groups is 2. The highest BCUT2D eigenvalue weighted by Gasteiger charge is 2.46. The van der Waals surface area contributed by atoms with Crippen molar-refractivity contribution < 1.29 is 14.3 Å². The first-order chi connectivity index (χ1) is 12.2. The van der Waals surface area contributed by atoms with Crippen molar-refractivity contribution in [2.75, 3.05) is 0 Å². The van der Waals surface area contributed by atoms with E-state index < -0.39 is 22.6 Å². The molecule has 0 spiro atoms. The smallest absolute Gasteiger partial charge is 0.248 e. The Bertz CT molecular complexity index is 881. The van der Waals surface area contributed by atoms with E-state index in [0.29, 0.717) is 16.3 Å². The van der Waals surface area contributed by atoms with Crippen LogP contribution in [0.1, 0.15) is 34.1 Å². The number of primary amides is 2. The van der Waals surface area contributed by atoms with E-state index >= 15 is 0 Å². The van der Waals surface area contributed by atoms with Crippen LogP contribution in [-0.2, 0) is 16.9 Å². The van der Waals surface area contributed by atoms with Gasteiger partial charge in [-0.15, -0.1) is 0 Å². The van der Waals surface area contributed by atoms with E-state index in [0.717, 1.165) is 16.8 Å². The number of aromatic nitrogens is 1. The Morgan fingerprint density at radius 1 is 1.27 bits per heavy atom. The minimum atomic E-state index is -0.930. The van der Waals surface area contributed by atoms with Crippen LogP contribution >= 0.6 is 11.8 Å². The van der Waals surface area contributed by atoms with Crippen molar-refractivity contribution in [1.82, 2.24) is 4.98 Å². The summed E-state index contributed by atoms with van der Waals surface area (Å²) in [6.45, 7) is 3.90. The molecule has 3 rings (SSSR count). The predicted octanol–water partition coefficient (Wildman–Crippen LogP) is 1.20. The normalized spacial score (nSPS) is 21.3. The summed E-state index contributed by atoms with van der Waals surface area (Å²) in [5.41, 5.74) is 19.1. The second-order valence-corrected chi connectivity index (χ2v) is 7.56. The van der Waals surface area contributed by atoms with Crippen molar-refractivity contribution in [1.29, 1.82) is 0 Å². The van der Waals surface area contributed by atoms with E-state index in [1.54, 1.807) is 31.2 Å². The molecule has 0 saturated heterocycles. The zero-order valence-corrected chi connectivity index (χ0v) is 15.3. The molecule has 6 N–H and O–H groups in total. The van der Waals surface area contributed by atoms with Crippen LogP contribution < -0.4 is 21.9 Å². The van der Waals surface area contributed by atoms with Gasteiger partial charge in [-0.2, -0.15) is 0 Å². The van der Waals surface area contributed by atoms with Gasteiger partial charge in [0.05, 0.1) is 5.54 Å². The minimum absolute atomic E-state index is 0.250. The summed E-state index contributed by atoms with van der Waals surface area (Å²) in [4.78, 5) is 27.4. The molecule has 1 aromatic heterocycles. The summed E-state index contributed by atoms with van der Waals surface area (Å²) in [6, 6.07) is 8.46. The van der Waals surface area contributed by atoms with Gasteiger partial charge < -0.3 is 21.9 Å². The molecular weight excluding hydrogens is 352 g/mol. The molecule has 8 heteroatoms. The van der Waals surface area contributed by atoms with E-state index in [2.05, 4.69) is 4.98 Å². The zero-order valence-electron chi connectivity index (χ0n) is 14.5. The molecule has 2 heterocycles. The van der Waals surface area contributed by atoms with Crippen molar-refractivity contribution in [2.45, 2.75) is 36.3 Å². The fourth-order valence-electron chi connectivity index (χ4n) is 3.08. The number of ether oxygens (including phenoxy) is 1. The number of hydrogen-bond acceptors (Lipinski definition) is 6. The van der Waals surface area contributed by atoms with Crippen molar-refractivity contribution in [3.05, 3.63) is 52.7 Å². The SMILES string of the molecule is Cc1cc(COc2ccc(C(N)=O)cc2)c2c(n1)SC(C(N)=O)C2(C)N. The molecule has 2 aromatic rings. The van der Waals surface area contributed by atoms with Crippen LogP contribution in [0.2, 0.25) is 0 Å². The number of nitrogens with two attached hydrogens (primary N) is 3. The highest BCUT2D eigenvalue weighted by molar-refractivity contribution is 8.01. The Hall–Kier alpha value is -2.58. The van der Waals surface area contributed by atoms with Gasteiger partial charge in [-0.3, -0.25) is 9.59 Å². The van der Waals surface area contributed by atoms with Crippen LogP contribution in [0, 0.1) is 6.92 Å². The van der Waals surface area contributed by atoms with Crippen LogP contribution in [0.4, 0.5) is 0 Å². The minimum Gasteiger partial charge on any atom is -0.489 e. The van der Waals surface area contributed by atoms with Crippen LogP contribution in [-0.4, -0.2) is 22.0 Å². The first-order valence-electron chi connectivity index (χ1n) is 7.98. The topological polar surface area (TPSA) is 134 Å². The molecule has 2 amide bonds. The van der Waals surface area contributed by atoms with Crippen molar-refractivity contribution in [3.63, 3.8) is 0 Å². The number of nitrogens with zero attached hydrogens (tertiary/aromatic N) is 1. The first kappa shape index (κ1) is 18.2. The van der Waals surface area contributed by atoms with Gasteiger partial charge in [0, 0.05) is 16.8 Å². The van der Waals surface area contributed by atoms with Gasteiger partial charge in [0.1, 0.15) is 22.6 Å². The van der Waals surface area contributed by atoms with Crippen molar-refractivity contribution >= 4 is 23.6 Å². The number of thioether (sulfide) groups is 1. The lowest BCUT2D eigenvalue weighted by molar-refractivity contribution is -0.118. The number of benzene rings is 1. The summed E-state index contributed by atoms with van der Waals surface area (Å²) in [5.74, 6) is -0.369. The summed E-state index contributed by atoms with van der Waals surface area (Å²) >= 11 is 1.29. The Balaban J connectivity index is 1.88. The maximum Gasteiger partial charge on any atom is 0.248 e. The molecule has 7 nitrogen and oxygen atoms in total. The number of aryl methyl sites for hydroxylation is 1. The van der Waals surface area contributed by atoms with Crippen LogP contribution in [0.25, 0.3) is 0 Å². The third-order valence-electron chi connectivity index (χ3n) is 4.30. The van der Waals surface area contributed by atoms with Gasteiger partial charge in [0.15, 0.2) is 0 Å². The Kier molecular flexibility index (Phi) is 4.64. The molecule has 26 heavy (non-hydrogen) atoms. The lowest BCUT2D eigenvalue weighted by Crippen LogP contribution is -2.47. The Labute approximate surface area is 155 Å². The average Bonchev–Trinajstić information content (AvgIpc) is 2.84. The van der Waals surface area contributed by atoms with Crippen molar-refractivity contribution in [2.24, 2.45) is 17.2 Å². The number of hydrogen-bond donors (Lipinski definition) is 3. The summed E-state index contributed by atoms with van der Waals surface area (Å²) in [6.07, 6.45) is 0. The molecule has 0 fully saturated rings. The maximum absolute atomic E-state index is 11.8. The quantitative estimate of drug-likeness (QED) is 0.722. The van der Waals surface area contributed by atoms with Crippen LogP contribution in [0.15, 0.2) is 35.4 Å². The third kappa shape index (κ3) is 3.25. The summed E-state index contributed by atoms with van der Waals surface area (Å²) < 4.78 is 5.84. The molecule has 1 aliphatic heterocycles. The van der Waals surface area contributed by atoms with Crippen LogP contribution in [0.5, 0.6) is 5.75 Å². The van der Waals surface area contributed by atoms with E-state index in [1.807, 2.05) is 13.0 Å². The lowest BCUT2D eigenvalue weighted by atomic mass is 9.87. The molecule has 0 aliphatic carbocycles. The van der Waals surface area contributed by atoms with Crippen LogP contribution in [0.3, 0.4) is 0 Å². The number of rotatable bonds is 5. The van der Waals surface area contributed by atoms with E-state index in [1.165, 1.54) is 11.8 Å². The monoisotopic (exact) mass is 372 g/mol. The third-order valence-corrected chi connectivity index (χ3v) is 5.78. The zero-order chi connectivity index (χ0) is 19.1. The molecule has 0 bridgehead atoms.